The lowest BCUT2D eigenvalue weighted by Crippen LogP contribution is -2.28. The van der Waals surface area contributed by atoms with E-state index in [-0.39, 0.29) is 0 Å². The van der Waals surface area contributed by atoms with Gasteiger partial charge < -0.3 is 9.64 Å². The van der Waals surface area contributed by atoms with Crippen LogP contribution in [0.3, 0.4) is 0 Å². The minimum absolute atomic E-state index is 0.723. The fourth-order valence-corrected chi connectivity index (χ4v) is 3.06. The van der Waals surface area contributed by atoms with Gasteiger partial charge in [0, 0.05) is 37.1 Å². The van der Waals surface area contributed by atoms with Gasteiger partial charge in [-0.05, 0) is 6.92 Å². The van der Waals surface area contributed by atoms with Crippen LogP contribution in [0.5, 0.6) is 0 Å². The van der Waals surface area contributed by atoms with Crippen LogP contribution in [0.15, 0.2) is 11.6 Å². The molecule has 0 amide bonds. The summed E-state index contributed by atoms with van der Waals surface area (Å²) in [6.07, 6.45) is 2.07. The highest BCUT2D eigenvalue weighted by molar-refractivity contribution is 9.08. The van der Waals surface area contributed by atoms with Crippen molar-refractivity contribution in [2.24, 2.45) is 0 Å². The number of likely N-dealkylation sites (N-methyl/N-ethyl adjacent to an activating group) is 1. The van der Waals surface area contributed by atoms with Crippen molar-refractivity contribution in [1.29, 1.82) is 0 Å². The summed E-state index contributed by atoms with van der Waals surface area (Å²) in [5.74, 6) is 1.06. The van der Waals surface area contributed by atoms with E-state index >= 15 is 0 Å². The molecule has 0 aliphatic carbocycles. The molecule has 0 N–H and O–H groups in total. The van der Waals surface area contributed by atoms with Gasteiger partial charge >= 0.3 is 0 Å². The number of methoxy groups -OCH3 is 1. The molecule has 4 nitrogen and oxygen atoms in total. The molecule has 0 spiro atoms. The van der Waals surface area contributed by atoms with Crippen LogP contribution in [0.4, 0.5) is 5.82 Å². The number of nitrogens with zero attached hydrogens (tertiary/aromatic N) is 3. The molecule has 0 fully saturated rings. The molecule has 2 heterocycles. The van der Waals surface area contributed by atoms with Crippen molar-refractivity contribution >= 4 is 38.0 Å². The standard InChI is InChI=1S/C11H16BrN3OS/c1-3-14(4-6-16-2)10-9(8-12)15-5-7-17-11(15)13-10/h5,7H,3-4,6,8H2,1-2H3. The van der Waals surface area contributed by atoms with Crippen molar-refractivity contribution < 1.29 is 4.74 Å². The number of alkyl halides is 1. The van der Waals surface area contributed by atoms with Crippen LogP contribution in [0.2, 0.25) is 0 Å². The molecular formula is C11H16BrN3OS. The molecular weight excluding hydrogens is 302 g/mol. The molecule has 17 heavy (non-hydrogen) atoms. The van der Waals surface area contributed by atoms with Gasteiger partial charge in [0.1, 0.15) is 0 Å². The first-order valence-electron chi connectivity index (χ1n) is 5.56. The van der Waals surface area contributed by atoms with Crippen LogP contribution >= 0.6 is 27.3 Å². The minimum atomic E-state index is 0.723. The summed E-state index contributed by atoms with van der Waals surface area (Å²) in [7, 11) is 1.73. The molecule has 0 saturated carbocycles. The van der Waals surface area contributed by atoms with E-state index in [4.69, 9.17) is 4.74 Å². The van der Waals surface area contributed by atoms with Crippen molar-refractivity contribution in [3.05, 3.63) is 17.3 Å². The Balaban J connectivity index is 2.34. The van der Waals surface area contributed by atoms with Crippen molar-refractivity contribution in [2.45, 2.75) is 12.3 Å². The number of hydrogen-bond donors (Lipinski definition) is 0. The number of rotatable bonds is 6. The van der Waals surface area contributed by atoms with E-state index in [1.807, 2.05) is 0 Å². The first kappa shape index (κ1) is 12.9. The molecule has 2 rings (SSSR count). The first-order chi connectivity index (χ1) is 8.31. The van der Waals surface area contributed by atoms with Crippen molar-refractivity contribution in [1.82, 2.24) is 9.38 Å². The quantitative estimate of drug-likeness (QED) is 0.767. The van der Waals surface area contributed by atoms with Gasteiger partial charge in [0.25, 0.3) is 0 Å². The Morgan fingerprint density at radius 2 is 2.41 bits per heavy atom. The zero-order valence-corrected chi connectivity index (χ0v) is 12.4. The maximum Gasteiger partial charge on any atom is 0.195 e. The highest BCUT2D eigenvalue weighted by Gasteiger charge is 2.16. The second kappa shape index (κ2) is 5.84. The first-order valence-corrected chi connectivity index (χ1v) is 7.56. The third kappa shape index (κ3) is 2.48. The van der Waals surface area contributed by atoms with Crippen molar-refractivity contribution in [3.8, 4) is 0 Å². The largest absolute Gasteiger partial charge is 0.383 e. The van der Waals surface area contributed by atoms with Gasteiger partial charge in [0.2, 0.25) is 0 Å². The topological polar surface area (TPSA) is 29.8 Å². The Kier molecular flexibility index (Phi) is 4.42. The van der Waals surface area contributed by atoms with E-state index in [1.165, 1.54) is 5.69 Å². The van der Waals surface area contributed by atoms with E-state index in [9.17, 15) is 0 Å². The van der Waals surface area contributed by atoms with Gasteiger partial charge in [-0.25, -0.2) is 4.98 Å². The highest BCUT2D eigenvalue weighted by atomic mass is 79.9. The normalized spacial score (nSPS) is 11.2. The Morgan fingerprint density at radius 3 is 3.06 bits per heavy atom. The molecule has 0 aliphatic rings. The Morgan fingerprint density at radius 1 is 1.59 bits per heavy atom. The number of fused-ring (bicyclic) bond motifs is 1. The van der Waals surface area contributed by atoms with Crippen LogP contribution in [0.25, 0.3) is 4.96 Å². The zero-order valence-electron chi connectivity index (χ0n) is 10.0. The molecule has 6 heteroatoms. The lowest BCUT2D eigenvalue weighted by atomic mass is 10.4. The number of imidazole rings is 1. The average Bonchev–Trinajstić information content (AvgIpc) is 2.90. The number of aromatic nitrogens is 2. The second-order valence-corrected chi connectivity index (χ2v) is 5.08. The summed E-state index contributed by atoms with van der Waals surface area (Å²) >= 11 is 5.21. The maximum atomic E-state index is 5.14. The van der Waals surface area contributed by atoms with E-state index in [0.29, 0.717) is 0 Å². The summed E-state index contributed by atoms with van der Waals surface area (Å²) in [5, 5.41) is 2.87. The van der Waals surface area contributed by atoms with Crippen LogP contribution in [0, 0.1) is 0 Å². The summed E-state index contributed by atoms with van der Waals surface area (Å²) in [6.45, 7) is 4.67. The van der Waals surface area contributed by atoms with Crippen molar-refractivity contribution in [2.75, 3.05) is 31.7 Å². The van der Waals surface area contributed by atoms with Gasteiger partial charge in [-0.2, -0.15) is 0 Å². The predicted molar refractivity (Wildman–Crippen MR) is 75.5 cm³/mol. The number of thiazole rings is 1. The molecule has 0 aromatic carbocycles. The highest BCUT2D eigenvalue weighted by Crippen LogP contribution is 2.26. The third-order valence-corrected chi connectivity index (χ3v) is 4.00. The molecule has 0 aliphatic heterocycles. The number of hydrogen-bond acceptors (Lipinski definition) is 4. The van der Waals surface area contributed by atoms with Gasteiger partial charge in [-0.1, -0.05) is 15.9 Å². The minimum Gasteiger partial charge on any atom is -0.383 e. The number of anilines is 1. The molecule has 94 valence electrons. The SMILES string of the molecule is CCN(CCOC)c1nc2sccn2c1CBr. The molecule has 2 aromatic rings. The van der Waals surface area contributed by atoms with Gasteiger partial charge in [-0.3, -0.25) is 4.40 Å². The second-order valence-electron chi connectivity index (χ2n) is 3.64. The average molecular weight is 318 g/mol. The smallest absolute Gasteiger partial charge is 0.195 e. The molecule has 2 aromatic heterocycles. The van der Waals surface area contributed by atoms with Crippen LogP contribution in [-0.4, -0.2) is 36.2 Å². The summed E-state index contributed by atoms with van der Waals surface area (Å²) in [6, 6.07) is 0. The van der Waals surface area contributed by atoms with E-state index in [0.717, 1.165) is 35.8 Å². The van der Waals surface area contributed by atoms with Gasteiger partial charge in [0.05, 0.1) is 12.3 Å². The molecule has 0 atom stereocenters. The van der Waals surface area contributed by atoms with E-state index < -0.39 is 0 Å². The van der Waals surface area contributed by atoms with Gasteiger partial charge in [-0.15, -0.1) is 11.3 Å². The Hall–Kier alpha value is -0.590. The predicted octanol–water partition coefficient (Wildman–Crippen LogP) is 2.76. The number of halogens is 1. The third-order valence-electron chi connectivity index (χ3n) is 2.71. The van der Waals surface area contributed by atoms with Crippen LogP contribution < -0.4 is 4.90 Å². The van der Waals surface area contributed by atoms with Crippen LogP contribution in [0.1, 0.15) is 12.6 Å². The fraction of sp³-hybridized carbons (Fsp3) is 0.545. The lowest BCUT2D eigenvalue weighted by molar-refractivity contribution is 0.205. The number of ether oxygens (including phenoxy) is 1. The van der Waals surface area contributed by atoms with E-state index in [2.05, 4.69) is 48.7 Å². The lowest BCUT2D eigenvalue weighted by Gasteiger charge is -2.21. The summed E-state index contributed by atoms with van der Waals surface area (Å²) < 4.78 is 7.28. The monoisotopic (exact) mass is 317 g/mol. The maximum absolute atomic E-state index is 5.14. The molecule has 0 unspecified atom stereocenters. The Labute approximate surface area is 113 Å². The summed E-state index contributed by atoms with van der Waals surface area (Å²) in [5.41, 5.74) is 1.21. The Bertz CT molecular complexity index is 482. The van der Waals surface area contributed by atoms with Crippen molar-refractivity contribution in [3.63, 3.8) is 0 Å². The van der Waals surface area contributed by atoms with Gasteiger partial charge in [0.15, 0.2) is 10.8 Å². The van der Waals surface area contributed by atoms with E-state index in [1.54, 1.807) is 18.4 Å². The van der Waals surface area contributed by atoms with Crippen LogP contribution in [-0.2, 0) is 10.1 Å². The fourth-order valence-electron chi connectivity index (χ4n) is 1.81. The summed E-state index contributed by atoms with van der Waals surface area (Å²) in [4.78, 5) is 7.99. The molecule has 0 radical (unpaired) electrons. The molecule has 0 bridgehead atoms. The molecule has 0 saturated heterocycles. The zero-order chi connectivity index (χ0) is 12.3.